The Morgan fingerprint density at radius 2 is 1.66 bits per heavy atom. The van der Waals surface area contributed by atoms with Crippen LogP contribution in [0.5, 0.6) is 0 Å². The predicted octanol–water partition coefficient (Wildman–Crippen LogP) is -0.233. The zero-order valence-electron chi connectivity index (χ0n) is 17.2. The highest BCUT2D eigenvalue weighted by atomic mass is 16.1. The molecule has 5 heterocycles. The minimum atomic E-state index is -1.13. The van der Waals surface area contributed by atoms with Crippen LogP contribution in [0, 0.1) is 0 Å². The lowest BCUT2D eigenvalue weighted by atomic mass is 9.86. The minimum absolute atomic E-state index is 0.221. The van der Waals surface area contributed by atoms with E-state index in [1.165, 1.54) is 0 Å². The number of rotatable bonds is 4. The molecule has 5 rings (SSSR count). The quantitative estimate of drug-likeness (QED) is 0.528. The SMILES string of the molecule is NC(=O)C[C@H](N)C(=O)C12C=C3C=CC(=N3)C=c3ccc([nH]3)=CC3=NC(=CC(=CC1)N2)C=C3. The Kier molecular flexibility index (Phi) is 4.71. The first kappa shape index (κ1) is 19.9. The van der Waals surface area contributed by atoms with E-state index >= 15 is 0 Å². The maximum Gasteiger partial charge on any atom is 0.219 e. The number of nitrogens with zero attached hydrogens (tertiary/aromatic N) is 2. The van der Waals surface area contributed by atoms with Gasteiger partial charge in [0.25, 0.3) is 0 Å². The molecule has 1 aromatic rings. The molecule has 2 atom stereocenters. The summed E-state index contributed by atoms with van der Waals surface area (Å²) in [6.07, 6.45) is 17.2. The number of aromatic amines is 1. The van der Waals surface area contributed by atoms with Crippen molar-refractivity contribution in [1.82, 2.24) is 10.3 Å². The van der Waals surface area contributed by atoms with Crippen molar-refractivity contribution in [3.05, 3.63) is 82.5 Å². The first-order valence-corrected chi connectivity index (χ1v) is 10.3. The number of nitrogens with two attached hydrogens (primary N) is 2. The van der Waals surface area contributed by atoms with E-state index in [2.05, 4.69) is 20.3 Å². The van der Waals surface area contributed by atoms with E-state index in [9.17, 15) is 9.59 Å². The number of ketones is 1. The number of H-pyrrole nitrogens is 1. The average Bonchev–Trinajstić information content (AvgIpc) is 3.52. The molecule has 0 saturated carbocycles. The molecule has 1 unspecified atom stereocenters. The van der Waals surface area contributed by atoms with Crippen molar-refractivity contribution in [1.29, 1.82) is 0 Å². The lowest BCUT2D eigenvalue weighted by Gasteiger charge is -2.29. The van der Waals surface area contributed by atoms with Gasteiger partial charge in [-0.15, -0.1) is 0 Å². The van der Waals surface area contributed by atoms with Gasteiger partial charge in [0, 0.05) is 29.2 Å². The van der Waals surface area contributed by atoms with Crippen LogP contribution in [0.4, 0.5) is 0 Å². The van der Waals surface area contributed by atoms with Crippen LogP contribution in [-0.4, -0.2) is 39.7 Å². The smallest absolute Gasteiger partial charge is 0.219 e. The van der Waals surface area contributed by atoms with Crippen molar-refractivity contribution >= 4 is 35.3 Å². The Labute approximate surface area is 183 Å². The van der Waals surface area contributed by atoms with Gasteiger partial charge in [-0.3, -0.25) is 9.59 Å². The first-order valence-electron chi connectivity index (χ1n) is 10.3. The van der Waals surface area contributed by atoms with Crippen LogP contribution >= 0.6 is 0 Å². The van der Waals surface area contributed by atoms with E-state index in [1.54, 1.807) is 6.08 Å². The number of fused-ring (bicyclic) bond motifs is 6. The molecule has 0 radical (unpaired) electrons. The van der Waals surface area contributed by atoms with Gasteiger partial charge in [0.1, 0.15) is 5.54 Å². The number of nitrogens with one attached hydrogen (secondary N) is 2. The van der Waals surface area contributed by atoms with Gasteiger partial charge >= 0.3 is 0 Å². The summed E-state index contributed by atoms with van der Waals surface area (Å²) in [5, 5.41) is 5.15. The van der Waals surface area contributed by atoms with E-state index in [4.69, 9.17) is 11.5 Å². The lowest BCUT2D eigenvalue weighted by molar-refractivity contribution is -0.127. The van der Waals surface area contributed by atoms with Crippen molar-refractivity contribution in [2.75, 3.05) is 0 Å². The van der Waals surface area contributed by atoms with E-state index in [1.807, 2.05) is 60.7 Å². The van der Waals surface area contributed by atoms with Gasteiger partial charge in [0.15, 0.2) is 5.78 Å². The average molecular weight is 426 g/mol. The second kappa shape index (κ2) is 7.58. The number of aliphatic imine (C=N–C) groups is 2. The topological polar surface area (TPSA) is 139 Å². The summed E-state index contributed by atoms with van der Waals surface area (Å²) >= 11 is 0. The summed E-state index contributed by atoms with van der Waals surface area (Å²) in [7, 11) is 0. The fraction of sp³-hybridized carbons (Fsp3) is 0.167. The molecule has 32 heavy (non-hydrogen) atoms. The number of allylic oxidation sites excluding steroid dienone is 5. The van der Waals surface area contributed by atoms with Gasteiger partial charge in [0.2, 0.25) is 5.91 Å². The van der Waals surface area contributed by atoms with Crippen molar-refractivity contribution in [2.45, 2.75) is 24.4 Å². The van der Waals surface area contributed by atoms with Gasteiger partial charge < -0.3 is 21.8 Å². The monoisotopic (exact) mass is 426 g/mol. The molecule has 160 valence electrons. The van der Waals surface area contributed by atoms with Crippen molar-refractivity contribution in [3.63, 3.8) is 0 Å². The van der Waals surface area contributed by atoms with Crippen molar-refractivity contribution in [2.24, 2.45) is 21.5 Å². The molecule has 4 aliphatic rings. The second-order valence-electron chi connectivity index (χ2n) is 8.14. The maximum absolute atomic E-state index is 13.3. The van der Waals surface area contributed by atoms with Gasteiger partial charge in [-0.1, -0.05) is 6.08 Å². The van der Waals surface area contributed by atoms with Crippen LogP contribution in [-0.2, 0) is 9.59 Å². The molecule has 0 aromatic carbocycles. The molecule has 0 fully saturated rings. The number of hydrogen-bond donors (Lipinski definition) is 4. The van der Waals surface area contributed by atoms with Crippen LogP contribution < -0.4 is 27.5 Å². The van der Waals surface area contributed by atoms with Crippen LogP contribution in [0.25, 0.3) is 12.2 Å². The molecule has 6 N–H and O–H groups in total. The molecule has 8 bridgehead atoms. The summed E-state index contributed by atoms with van der Waals surface area (Å²) in [4.78, 5) is 37.3. The summed E-state index contributed by atoms with van der Waals surface area (Å²) < 4.78 is 0. The van der Waals surface area contributed by atoms with Crippen molar-refractivity contribution < 1.29 is 9.59 Å². The number of aromatic nitrogens is 1. The van der Waals surface area contributed by atoms with Crippen molar-refractivity contribution in [3.8, 4) is 0 Å². The molecular weight excluding hydrogens is 404 g/mol. The molecule has 8 heteroatoms. The lowest BCUT2D eigenvalue weighted by Crippen LogP contribution is -2.54. The molecule has 0 spiro atoms. The summed E-state index contributed by atoms with van der Waals surface area (Å²) in [5.41, 5.74) is 13.9. The fourth-order valence-electron chi connectivity index (χ4n) is 4.13. The van der Waals surface area contributed by atoms with Crippen LogP contribution in [0.15, 0.2) is 81.7 Å². The minimum Gasteiger partial charge on any atom is -0.370 e. The molecular formula is C24H22N6O2. The van der Waals surface area contributed by atoms with Crippen LogP contribution in [0.3, 0.4) is 0 Å². The Morgan fingerprint density at radius 1 is 1.00 bits per heavy atom. The third-order valence-electron chi connectivity index (χ3n) is 5.61. The highest BCUT2D eigenvalue weighted by Gasteiger charge is 2.42. The molecule has 4 aliphatic heterocycles. The van der Waals surface area contributed by atoms with E-state index in [0.717, 1.165) is 33.5 Å². The Hall–Kier alpha value is -4.04. The maximum atomic E-state index is 13.3. The standard InChI is InChI=1S/C24H22N6O2/c25-21(12-22(26)31)23(32)24-8-7-19(30-24)11-18-4-3-15(28-18)9-14-1-2-16(27-14)10-17-5-6-20(13-24)29-17/h1-7,9-11,13,21,27,30H,8,12,25H2,(H2,26,31)/t21-,24?/m0/s1. The molecule has 8 nitrogen and oxygen atoms in total. The molecule has 0 saturated heterocycles. The molecule has 0 aliphatic carbocycles. The van der Waals surface area contributed by atoms with Gasteiger partial charge in [0.05, 0.1) is 28.9 Å². The zero-order chi connectivity index (χ0) is 22.3. The summed E-state index contributed by atoms with van der Waals surface area (Å²) in [5.74, 6) is -0.935. The highest BCUT2D eigenvalue weighted by Crippen LogP contribution is 2.30. The Morgan fingerprint density at radius 3 is 2.34 bits per heavy atom. The molecule has 1 amide bonds. The van der Waals surface area contributed by atoms with Crippen LogP contribution in [0.1, 0.15) is 12.8 Å². The third kappa shape index (κ3) is 3.83. The predicted molar refractivity (Wildman–Crippen MR) is 124 cm³/mol. The van der Waals surface area contributed by atoms with Crippen LogP contribution in [0.2, 0.25) is 0 Å². The van der Waals surface area contributed by atoms with E-state index in [0.29, 0.717) is 12.1 Å². The largest absolute Gasteiger partial charge is 0.370 e. The van der Waals surface area contributed by atoms with Gasteiger partial charge in [-0.05, 0) is 60.7 Å². The number of carbonyl (C=O) groups is 2. The number of hydrogen-bond acceptors (Lipinski definition) is 6. The van der Waals surface area contributed by atoms with E-state index < -0.39 is 17.5 Å². The summed E-state index contributed by atoms with van der Waals surface area (Å²) in [6, 6.07) is 2.93. The van der Waals surface area contributed by atoms with E-state index in [-0.39, 0.29) is 12.2 Å². The molecule has 1 aromatic heterocycles. The number of Topliss-reactive ketones (excluding diaryl/α,β-unsaturated/α-hetero) is 1. The first-order chi connectivity index (χ1) is 15.4. The number of primary amides is 1. The highest BCUT2D eigenvalue weighted by molar-refractivity contribution is 6.20. The van der Waals surface area contributed by atoms with Gasteiger partial charge in [-0.25, -0.2) is 9.98 Å². The summed E-state index contributed by atoms with van der Waals surface area (Å²) in [6.45, 7) is 0. The number of amides is 1. The third-order valence-corrected chi connectivity index (χ3v) is 5.61. The number of carbonyl (C=O) groups excluding carboxylic acids is 2. The second-order valence-corrected chi connectivity index (χ2v) is 8.14. The zero-order valence-corrected chi connectivity index (χ0v) is 17.2. The van der Waals surface area contributed by atoms with Gasteiger partial charge in [-0.2, -0.15) is 0 Å². The fourth-order valence-corrected chi connectivity index (χ4v) is 4.13. The normalized spacial score (nSPS) is 23.7. The Balaban J connectivity index is 1.62. The Bertz CT molecular complexity index is 1360.